The molecule has 0 saturated carbocycles. The zero-order valence-electron chi connectivity index (χ0n) is 17.3. The molecule has 0 unspecified atom stereocenters. The minimum atomic E-state index is -4.36. The number of benzene rings is 1. The van der Waals surface area contributed by atoms with Crippen LogP contribution in [0.1, 0.15) is 17.0 Å². The average molecular weight is 450 g/mol. The fourth-order valence-corrected chi connectivity index (χ4v) is 3.41. The van der Waals surface area contributed by atoms with Gasteiger partial charge in [-0.25, -0.2) is 9.97 Å². The Kier molecular flexibility index (Phi) is 5.00. The Balaban J connectivity index is 1.38. The molecule has 0 bridgehead atoms. The minimum Gasteiger partial charge on any atom is -0.309 e. The van der Waals surface area contributed by atoms with Gasteiger partial charge in [-0.15, -0.1) is 10.2 Å². The molecule has 5 rings (SSSR count). The molecule has 0 fully saturated rings. The molecule has 0 radical (unpaired) electrons. The van der Waals surface area contributed by atoms with Crippen LogP contribution in [0.5, 0.6) is 0 Å². The average Bonchev–Trinajstić information content (AvgIpc) is 3.39. The van der Waals surface area contributed by atoms with Gasteiger partial charge in [0.2, 0.25) is 5.95 Å². The van der Waals surface area contributed by atoms with Crippen molar-refractivity contribution in [2.75, 3.05) is 5.32 Å². The van der Waals surface area contributed by atoms with Crippen molar-refractivity contribution in [2.45, 2.75) is 12.6 Å². The molecular weight excluding hydrogens is 433 g/mol. The van der Waals surface area contributed by atoms with Gasteiger partial charge in [0.05, 0.1) is 17.5 Å². The van der Waals surface area contributed by atoms with Gasteiger partial charge in [0.25, 0.3) is 0 Å². The van der Waals surface area contributed by atoms with Crippen LogP contribution in [0, 0.1) is 0 Å². The second-order valence-electron chi connectivity index (χ2n) is 7.36. The zero-order valence-corrected chi connectivity index (χ0v) is 17.3. The Morgan fingerprint density at radius 1 is 0.970 bits per heavy atom. The monoisotopic (exact) mass is 450 g/mol. The van der Waals surface area contributed by atoms with E-state index in [0.717, 1.165) is 23.5 Å². The quantitative estimate of drug-likeness (QED) is 0.430. The third kappa shape index (κ3) is 4.25. The molecule has 0 amide bonds. The highest BCUT2D eigenvalue weighted by molar-refractivity contribution is 5.65. The molecule has 0 aliphatic rings. The van der Waals surface area contributed by atoms with Crippen LogP contribution in [0.4, 0.5) is 24.9 Å². The molecule has 4 heterocycles. The van der Waals surface area contributed by atoms with Gasteiger partial charge >= 0.3 is 6.18 Å². The lowest BCUT2D eigenvalue weighted by Gasteiger charge is -2.08. The van der Waals surface area contributed by atoms with Gasteiger partial charge in [-0.3, -0.25) is 9.08 Å². The largest absolute Gasteiger partial charge is 0.416 e. The number of anilines is 2. The van der Waals surface area contributed by atoms with E-state index in [-0.39, 0.29) is 0 Å². The number of aryl methyl sites for hydroxylation is 1. The number of hydrogen-bond donors (Lipinski definition) is 1. The van der Waals surface area contributed by atoms with Crippen LogP contribution in [0.25, 0.3) is 16.9 Å². The van der Waals surface area contributed by atoms with Crippen LogP contribution in [0.15, 0.2) is 67.1 Å². The smallest absolute Gasteiger partial charge is 0.309 e. The molecule has 0 aliphatic carbocycles. The lowest BCUT2D eigenvalue weighted by atomic mass is 10.1. The van der Waals surface area contributed by atoms with Gasteiger partial charge in [-0.1, -0.05) is 12.1 Å². The molecule has 0 atom stereocenters. The van der Waals surface area contributed by atoms with Crippen molar-refractivity contribution in [2.24, 2.45) is 7.05 Å². The first kappa shape index (κ1) is 20.6. The summed E-state index contributed by atoms with van der Waals surface area (Å²) in [5.74, 6) is 1.81. The van der Waals surface area contributed by atoms with E-state index in [2.05, 4.69) is 30.6 Å². The Bertz CT molecular complexity index is 1420. The third-order valence-electron chi connectivity index (χ3n) is 5.14. The second kappa shape index (κ2) is 8.01. The summed E-state index contributed by atoms with van der Waals surface area (Å²) in [6.07, 6.45) is 1.15. The zero-order chi connectivity index (χ0) is 23.0. The van der Waals surface area contributed by atoms with Crippen LogP contribution < -0.4 is 5.32 Å². The summed E-state index contributed by atoms with van der Waals surface area (Å²) in [6, 6.07) is 12.4. The Morgan fingerprint density at radius 3 is 2.52 bits per heavy atom. The lowest BCUT2D eigenvalue weighted by molar-refractivity contribution is -0.137. The van der Waals surface area contributed by atoms with Crippen molar-refractivity contribution in [3.8, 4) is 11.3 Å². The van der Waals surface area contributed by atoms with Crippen LogP contribution in [0.3, 0.4) is 0 Å². The maximum atomic E-state index is 12.8. The summed E-state index contributed by atoms with van der Waals surface area (Å²) in [7, 11) is 1.81. The van der Waals surface area contributed by atoms with Gasteiger partial charge in [-0.2, -0.15) is 18.3 Å². The van der Waals surface area contributed by atoms with Gasteiger partial charge in [0.1, 0.15) is 11.6 Å². The molecule has 0 saturated heterocycles. The van der Waals surface area contributed by atoms with E-state index in [4.69, 9.17) is 0 Å². The number of rotatable bonds is 5. The first-order chi connectivity index (χ1) is 15.9. The van der Waals surface area contributed by atoms with E-state index in [0.29, 0.717) is 35.1 Å². The number of hydrogen-bond acceptors (Lipinski definition) is 6. The SMILES string of the molecule is Cn1nccc1Nc1nccc(-c2ccn3c(Cc4ccc(C(F)(F)F)cc4)nnc3c2)n1. The summed E-state index contributed by atoms with van der Waals surface area (Å²) in [5, 5.41) is 15.6. The number of pyridine rings is 1. The summed E-state index contributed by atoms with van der Waals surface area (Å²) in [4.78, 5) is 8.80. The predicted octanol–water partition coefficient (Wildman–Crippen LogP) is 4.27. The number of fused-ring (bicyclic) bond motifs is 1. The lowest BCUT2D eigenvalue weighted by Crippen LogP contribution is -2.05. The van der Waals surface area contributed by atoms with Crippen LogP contribution in [0.2, 0.25) is 0 Å². The van der Waals surface area contributed by atoms with Gasteiger partial charge < -0.3 is 5.32 Å². The highest BCUT2D eigenvalue weighted by Gasteiger charge is 2.29. The summed E-state index contributed by atoms with van der Waals surface area (Å²) < 4.78 is 41.8. The minimum absolute atomic E-state index is 0.352. The highest BCUT2D eigenvalue weighted by atomic mass is 19.4. The van der Waals surface area contributed by atoms with Crippen LogP contribution in [-0.2, 0) is 19.6 Å². The molecule has 0 spiro atoms. The summed E-state index contributed by atoms with van der Waals surface area (Å²) in [5.41, 5.74) is 2.16. The van der Waals surface area contributed by atoms with E-state index in [1.807, 2.05) is 31.4 Å². The van der Waals surface area contributed by atoms with Crippen LogP contribution >= 0.6 is 0 Å². The van der Waals surface area contributed by atoms with E-state index in [1.54, 1.807) is 27.5 Å². The maximum absolute atomic E-state index is 12.8. The highest BCUT2D eigenvalue weighted by Crippen LogP contribution is 2.29. The Labute approximate surface area is 185 Å². The standard InChI is InChI=1S/C22H17F3N8/c1-32-18(7-10-27-32)29-21-26-9-6-17(28-21)15-8-11-33-19(30-31-20(33)13-15)12-14-2-4-16(5-3-14)22(23,24)25/h2-11,13H,12H2,1H3,(H,26,28,29). The molecule has 33 heavy (non-hydrogen) atoms. The normalized spacial score (nSPS) is 11.8. The Morgan fingerprint density at radius 2 is 1.79 bits per heavy atom. The molecule has 1 N–H and O–H groups in total. The van der Waals surface area contributed by atoms with E-state index in [9.17, 15) is 13.2 Å². The number of aromatic nitrogens is 7. The van der Waals surface area contributed by atoms with Crippen molar-refractivity contribution in [1.29, 1.82) is 0 Å². The molecule has 166 valence electrons. The number of nitrogens with zero attached hydrogens (tertiary/aromatic N) is 7. The summed E-state index contributed by atoms with van der Waals surface area (Å²) in [6.45, 7) is 0. The molecule has 4 aromatic heterocycles. The maximum Gasteiger partial charge on any atom is 0.416 e. The molecular formula is C22H17F3N8. The Hall–Kier alpha value is -4.28. The number of halogens is 3. The summed E-state index contributed by atoms with van der Waals surface area (Å²) >= 11 is 0. The van der Waals surface area contributed by atoms with E-state index in [1.165, 1.54) is 12.1 Å². The fourth-order valence-electron chi connectivity index (χ4n) is 3.41. The van der Waals surface area contributed by atoms with Crippen molar-refractivity contribution in [1.82, 2.24) is 34.3 Å². The van der Waals surface area contributed by atoms with Gasteiger partial charge in [0.15, 0.2) is 5.65 Å². The fraction of sp³-hybridized carbons (Fsp3) is 0.136. The number of alkyl halides is 3. The molecule has 5 aromatic rings. The van der Waals surface area contributed by atoms with Crippen molar-refractivity contribution >= 4 is 17.4 Å². The molecule has 1 aromatic carbocycles. The predicted molar refractivity (Wildman–Crippen MR) is 115 cm³/mol. The molecule has 11 heteroatoms. The van der Waals surface area contributed by atoms with Gasteiger partial charge in [0, 0.05) is 37.5 Å². The third-order valence-corrected chi connectivity index (χ3v) is 5.14. The van der Waals surface area contributed by atoms with Crippen molar-refractivity contribution in [3.63, 3.8) is 0 Å². The van der Waals surface area contributed by atoms with E-state index < -0.39 is 11.7 Å². The molecule has 8 nitrogen and oxygen atoms in total. The van der Waals surface area contributed by atoms with Gasteiger partial charge in [-0.05, 0) is 35.9 Å². The number of nitrogens with one attached hydrogen (secondary N) is 1. The topological polar surface area (TPSA) is 85.8 Å². The van der Waals surface area contributed by atoms with E-state index >= 15 is 0 Å². The van der Waals surface area contributed by atoms with Crippen molar-refractivity contribution in [3.05, 3.63) is 84.1 Å². The first-order valence-corrected chi connectivity index (χ1v) is 9.95. The van der Waals surface area contributed by atoms with Crippen molar-refractivity contribution < 1.29 is 13.2 Å². The first-order valence-electron chi connectivity index (χ1n) is 9.95. The molecule has 0 aliphatic heterocycles. The second-order valence-corrected chi connectivity index (χ2v) is 7.36. The van der Waals surface area contributed by atoms with Crippen LogP contribution in [-0.4, -0.2) is 34.3 Å².